The summed E-state index contributed by atoms with van der Waals surface area (Å²) in [7, 11) is 1.64. The molecule has 0 saturated heterocycles. The van der Waals surface area contributed by atoms with Gasteiger partial charge in [0.15, 0.2) is 11.5 Å². The number of ether oxygens (including phenoxy) is 3. The number of carbonyl (C=O) groups excluding carboxylic acids is 1. The second-order valence-electron chi connectivity index (χ2n) is 8.08. The molecule has 8 heteroatoms. The van der Waals surface area contributed by atoms with Crippen LogP contribution in [0.2, 0.25) is 0 Å². The van der Waals surface area contributed by atoms with Crippen LogP contribution in [0.5, 0.6) is 17.2 Å². The Hall–Kier alpha value is -4.20. The summed E-state index contributed by atoms with van der Waals surface area (Å²) in [5.74, 6) is 2.99. The van der Waals surface area contributed by atoms with Gasteiger partial charge in [-0.1, -0.05) is 30.3 Å². The summed E-state index contributed by atoms with van der Waals surface area (Å²) in [6.07, 6.45) is 1.26. The van der Waals surface area contributed by atoms with Crippen molar-refractivity contribution >= 4 is 17.1 Å². The van der Waals surface area contributed by atoms with Crippen LogP contribution < -0.4 is 24.8 Å². The highest BCUT2D eigenvalue weighted by molar-refractivity contribution is 5.76. The lowest BCUT2D eigenvalue weighted by Gasteiger charge is -2.18. The molecule has 5 rings (SSSR count). The number of para-hydroxylation sites is 2. The number of carbonyl (C=O) groups is 1. The summed E-state index contributed by atoms with van der Waals surface area (Å²) < 4.78 is 16.0. The maximum Gasteiger partial charge on any atom is 0.315 e. The number of hydrogen-bond acceptors (Lipinski definition) is 5. The normalized spacial score (nSPS) is 13.0. The predicted molar refractivity (Wildman–Crippen MR) is 128 cm³/mol. The van der Waals surface area contributed by atoms with Crippen LogP contribution in [0.1, 0.15) is 23.0 Å². The van der Waals surface area contributed by atoms with Crippen molar-refractivity contribution in [3.63, 3.8) is 0 Å². The second kappa shape index (κ2) is 9.74. The number of aromatic nitrogens is 2. The molecule has 1 aromatic heterocycles. The quantitative estimate of drug-likeness (QED) is 0.369. The van der Waals surface area contributed by atoms with Crippen LogP contribution in [-0.2, 0) is 12.8 Å². The van der Waals surface area contributed by atoms with Crippen LogP contribution in [0.3, 0.4) is 0 Å². The van der Waals surface area contributed by atoms with E-state index in [0.717, 1.165) is 39.4 Å². The van der Waals surface area contributed by atoms with Crippen molar-refractivity contribution < 1.29 is 19.0 Å². The van der Waals surface area contributed by atoms with Crippen molar-refractivity contribution in [3.8, 4) is 17.2 Å². The summed E-state index contributed by atoms with van der Waals surface area (Å²) in [5, 5.41) is 6.03. The molecule has 1 aliphatic rings. The van der Waals surface area contributed by atoms with Crippen molar-refractivity contribution in [1.82, 2.24) is 20.6 Å². The Morgan fingerprint density at radius 3 is 2.68 bits per heavy atom. The number of benzene rings is 3. The molecule has 2 amide bonds. The largest absolute Gasteiger partial charge is 0.497 e. The van der Waals surface area contributed by atoms with E-state index < -0.39 is 0 Å². The second-order valence-corrected chi connectivity index (χ2v) is 8.08. The molecule has 0 bridgehead atoms. The summed E-state index contributed by atoms with van der Waals surface area (Å²) in [4.78, 5) is 20.8. The SMILES string of the molecule is COc1ccc(C[C@@H](NC(=O)NCCc2ccc3c(c2)OCO3)c2nc3ccccc3[nH]2)cc1. The lowest BCUT2D eigenvalue weighted by molar-refractivity contribution is 0.174. The fraction of sp³-hybridized carbons (Fsp3) is 0.231. The summed E-state index contributed by atoms with van der Waals surface area (Å²) in [6, 6.07) is 20.9. The predicted octanol–water partition coefficient (Wildman–Crippen LogP) is 4.13. The molecule has 0 unspecified atom stereocenters. The number of rotatable bonds is 8. The highest BCUT2D eigenvalue weighted by atomic mass is 16.7. The minimum Gasteiger partial charge on any atom is -0.497 e. The molecular weight excluding hydrogens is 432 g/mol. The Morgan fingerprint density at radius 1 is 1.06 bits per heavy atom. The lowest BCUT2D eigenvalue weighted by Crippen LogP contribution is -2.40. The van der Waals surface area contributed by atoms with E-state index in [9.17, 15) is 4.79 Å². The molecule has 1 aliphatic heterocycles. The van der Waals surface area contributed by atoms with Gasteiger partial charge in [0.2, 0.25) is 6.79 Å². The fourth-order valence-electron chi connectivity index (χ4n) is 3.98. The van der Waals surface area contributed by atoms with Crippen LogP contribution >= 0.6 is 0 Å². The molecule has 0 aliphatic carbocycles. The molecule has 0 spiro atoms. The molecule has 0 saturated carbocycles. The number of nitrogens with one attached hydrogen (secondary N) is 3. The smallest absolute Gasteiger partial charge is 0.315 e. The number of methoxy groups -OCH3 is 1. The van der Waals surface area contributed by atoms with Gasteiger partial charge in [0, 0.05) is 6.54 Å². The third-order valence-corrected chi connectivity index (χ3v) is 5.78. The first-order valence-corrected chi connectivity index (χ1v) is 11.2. The molecule has 8 nitrogen and oxygen atoms in total. The Labute approximate surface area is 197 Å². The van der Waals surface area contributed by atoms with E-state index in [4.69, 9.17) is 19.2 Å². The van der Waals surface area contributed by atoms with Crippen LogP contribution in [0.4, 0.5) is 4.79 Å². The van der Waals surface area contributed by atoms with Crippen LogP contribution in [0, 0.1) is 0 Å². The standard InChI is InChI=1S/C26H26N4O4/c1-32-19-9-6-17(7-10-19)14-22(25-28-20-4-2-3-5-21(20)29-25)30-26(31)27-13-12-18-8-11-23-24(15-18)34-16-33-23/h2-11,15,22H,12-14,16H2,1H3,(H,28,29)(H2,27,30,31)/t22-/m1/s1. The molecule has 2 heterocycles. The molecule has 0 radical (unpaired) electrons. The average Bonchev–Trinajstić information content (AvgIpc) is 3.51. The molecule has 3 N–H and O–H groups in total. The molecule has 174 valence electrons. The number of fused-ring (bicyclic) bond motifs is 2. The van der Waals surface area contributed by atoms with E-state index in [-0.39, 0.29) is 18.9 Å². The minimum absolute atomic E-state index is 0.247. The summed E-state index contributed by atoms with van der Waals surface area (Å²) in [5.41, 5.74) is 3.92. The van der Waals surface area contributed by atoms with Crippen molar-refractivity contribution in [2.24, 2.45) is 0 Å². The Balaban J connectivity index is 1.25. The highest BCUT2D eigenvalue weighted by Crippen LogP contribution is 2.32. The molecule has 4 aromatic rings. The maximum atomic E-state index is 12.8. The van der Waals surface area contributed by atoms with E-state index >= 15 is 0 Å². The minimum atomic E-state index is -0.327. The third-order valence-electron chi connectivity index (χ3n) is 5.78. The van der Waals surface area contributed by atoms with Gasteiger partial charge in [-0.05, 0) is 60.4 Å². The van der Waals surface area contributed by atoms with Gasteiger partial charge in [0.25, 0.3) is 0 Å². The zero-order valence-corrected chi connectivity index (χ0v) is 18.8. The van der Waals surface area contributed by atoms with Gasteiger partial charge < -0.3 is 29.8 Å². The molecule has 1 atom stereocenters. The Bertz CT molecular complexity index is 1250. The topological polar surface area (TPSA) is 97.5 Å². The number of nitrogens with zero attached hydrogens (tertiary/aromatic N) is 1. The zero-order valence-electron chi connectivity index (χ0n) is 18.8. The first-order valence-electron chi connectivity index (χ1n) is 11.2. The van der Waals surface area contributed by atoms with E-state index in [0.29, 0.717) is 25.2 Å². The van der Waals surface area contributed by atoms with Crippen molar-refractivity contribution in [2.75, 3.05) is 20.4 Å². The molecule has 34 heavy (non-hydrogen) atoms. The monoisotopic (exact) mass is 458 g/mol. The summed E-state index contributed by atoms with van der Waals surface area (Å²) in [6.45, 7) is 0.734. The number of imidazole rings is 1. The lowest BCUT2D eigenvalue weighted by atomic mass is 10.1. The molecule has 3 aromatic carbocycles. The molecular formula is C26H26N4O4. The number of aromatic amines is 1. The zero-order chi connectivity index (χ0) is 23.3. The number of hydrogen-bond donors (Lipinski definition) is 3. The molecule has 0 fully saturated rings. The average molecular weight is 459 g/mol. The first-order chi connectivity index (χ1) is 16.7. The van der Waals surface area contributed by atoms with Crippen molar-refractivity contribution in [1.29, 1.82) is 0 Å². The van der Waals surface area contributed by atoms with Gasteiger partial charge in [-0.3, -0.25) is 0 Å². The van der Waals surface area contributed by atoms with Gasteiger partial charge in [-0.25, -0.2) is 9.78 Å². The maximum absolute atomic E-state index is 12.8. The van der Waals surface area contributed by atoms with E-state index in [1.807, 2.05) is 66.7 Å². The fourth-order valence-corrected chi connectivity index (χ4v) is 3.98. The van der Waals surface area contributed by atoms with Gasteiger partial charge in [-0.2, -0.15) is 0 Å². The van der Waals surface area contributed by atoms with Gasteiger partial charge in [0.1, 0.15) is 11.6 Å². The van der Waals surface area contributed by atoms with E-state index in [1.165, 1.54) is 0 Å². The van der Waals surface area contributed by atoms with Gasteiger partial charge in [-0.15, -0.1) is 0 Å². The van der Waals surface area contributed by atoms with Gasteiger partial charge >= 0.3 is 6.03 Å². The number of H-pyrrole nitrogens is 1. The van der Waals surface area contributed by atoms with Crippen LogP contribution in [0.15, 0.2) is 66.7 Å². The first kappa shape index (κ1) is 21.6. The number of urea groups is 1. The van der Waals surface area contributed by atoms with Crippen molar-refractivity contribution in [2.45, 2.75) is 18.9 Å². The third kappa shape index (κ3) is 4.91. The summed E-state index contributed by atoms with van der Waals surface area (Å²) >= 11 is 0. The van der Waals surface area contributed by atoms with Gasteiger partial charge in [0.05, 0.1) is 24.2 Å². The Morgan fingerprint density at radius 2 is 1.85 bits per heavy atom. The van der Waals surface area contributed by atoms with Crippen molar-refractivity contribution in [3.05, 3.63) is 83.7 Å². The van der Waals surface area contributed by atoms with Crippen LogP contribution in [-0.4, -0.2) is 36.4 Å². The van der Waals surface area contributed by atoms with Crippen LogP contribution in [0.25, 0.3) is 11.0 Å². The Kier molecular flexibility index (Phi) is 6.20. The highest BCUT2D eigenvalue weighted by Gasteiger charge is 2.19. The van der Waals surface area contributed by atoms with E-state index in [2.05, 4.69) is 15.6 Å². The van der Waals surface area contributed by atoms with E-state index in [1.54, 1.807) is 7.11 Å². The number of amides is 2.